The van der Waals surface area contributed by atoms with Gasteiger partial charge in [0, 0.05) is 42.5 Å². The van der Waals surface area contributed by atoms with Gasteiger partial charge in [0.15, 0.2) is 0 Å². The van der Waals surface area contributed by atoms with Crippen LogP contribution in [0.4, 0.5) is 5.69 Å². The van der Waals surface area contributed by atoms with Gasteiger partial charge in [0.2, 0.25) is 0 Å². The lowest BCUT2D eigenvalue weighted by Crippen LogP contribution is -2.49. The summed E-state index contributed by atoms with van der Waals surface area (Å²) in [4.78, 5) is 21.0. The lowest BCUT2D eigenvalue weighted by molar-refractivity contribution is 0.0731. The number of carbonyl (C=O) groups is 1. The Morgan fingerprint density at radius 3 is 2.33 bits per heavy atom. The zero-order valence-corrected chi connectivity index (χ0v) is 15.7. The zero-order chi connectivity index (χ0) is 18.8. The van der Waals surface area contributed by atoms with Gasteiger partial charge in [-0.15, -0.1) is 0 Å². The van der Waals surface area contributed by atoms with Crippen molar-refractivity contribution in [2.24, 2.45) is 0 Å². The molecule has 1 amide bonds. The van der Waals surface area contributed by atoms with Crippen LogP contribution in [0.3, 0.4) is 0 Å². The summed E-state index contributed by atoms with van der Waals surface area (Å²) in [6, 6.07) is 15.5. The van der Waals surface area contributed by atoms with Crippen molar-refractivity contribution in [1.82, 2.24) is 15.0 Å². The Kier molecular flexibility index (Phi) is 4.81. The molecule has 3 aromatic rings. The third-order valence-electron chi connectivity index (χ3n) is 4.67. The van der Waals surface area contributed by atoms with Gasteiger partial charge in [-0.25, -0.2) is 0 Å². The molecule has 7 heteroatoms. The molecule has 1 aromatic heterocycles. The van der Waals surface area contributed by atoms with Crippen molar-refractivity contribution in [3.05, 3.63) is 64.9 Å². The number of piperazine rings is 1. The van der Waals surface area contributed by atoms with E-state index in [1.807, 2.05) is 55.5 Å². The predicted octanol–water partition coefficient (Wildman–Crippen LogP) is 3.66. The Balaban J connectivity index is 1.41. The van der Waals surface area contributed by atoms with E-state index < -0.39 is 0 Å². The van der Waals surface area contributed by atoms with E-state index >= 15 is 0 Å². The van der Waals surface area contributed by atoms with Gasteiger partial charge in [-0.1, -0.05) is 34.5 Å². The maximum absolute atomic E-state index is 12.7. The minimum Gasteiger partial charge on any atom is -0.368 e. The highest BCUT2D eigenvalue weighted by molar-refractivity contribution is 6.30. The molecule has 0 atom stereocenters. The lowest BCUT2D eigenvalue weighted by Gasteiger charge is -2.35. The third kappa shape index (κ3) is 3.80. The Bertz CT molecular complexity index is 929. The molecule has 1 aliphatic rings. The molecular formula is C20H19ClN4O2. The summed E-state index contributed by atoms with van der Waals surface area (Å²) in [6.07, 6.45) is 0. The third-order valence-corrected chi connectivity index (χ3v) is 4.93. The molecule has 1 fully saturated rings. The van der Waals surface area contributed by atoms with Crippen molar-refractivity contribution in [3.8, 4) is 11.5 Å². The molecule has 138 valence electrons. The van der Waals surface area contributed by atoms with Gasteiger partial charge in [-0.05, 0) is 43.3 Å². The van der Waals surface area contributed by atoms with Gasteiger partial charge in [-0.3, -0.25) is 4.79 Å². The highest BCUT2D eigenvalue weighted by Crippen LogP contribution is 2.21. The number of rotatable bonds is 3. The predicted molar refractivity (Wildman–Crippen MR) is 104 cm³/mol. The highest BCUT2D eigenvalue weighted by Gasteiger charge is 2.26. The van der Waals surface area contributed by atoms with E-state index in [9.17, 15) is 4.79 Å². The number of halogens is 1. The molecule has 2 heterocycles. The number of aryl methyl sites for hydroxylation is 1. The molecule has 0 aliphatic carbocycles. The average molecular weight is 383 g/mol. The van der Waals surface area contributed by atoms with E-state index in [2.05, 4.69) is 15.0 Å². The topological polar surface area (TPSA) is 62.5 Å². The minimum absolute atomic E-state index is 0.102. The van der Waals surface area contributed by atoms with E-state index in [1.54, 1.807) is 4.90 Å². The van der Waals surface area contributed by atoms with Crippen molar-refractivity contribution in [1.29, 1.82) is 0 Å². The van der Waals surface area contributed by atoms with Crippen LogP contribution >= 0.6 is 11.6 Å². The zero-order valence-electron chi connectivity index (χ0n) is 14.9. The maximum Gasteiger partial charge on any atom is 0.295 e. The van der Waals surface area contributed by atoms with Crippen LogP contribution in [0, 0.1) is 6.92 Å². The Morgan fingerprint density at radius 1 is 1.00 bits per heavy atom. The van der Waals surface area contributed by atoms with Gasteiger partial charge in [0.05, 0.1) is 0 Å². The summed E-state index contributed by atoms with van der Waals surface area (Å²) in [7, 11) is 0. The van der Waals surface area contributed by atoms with Gasteiger partial charge in [0.1, 0.15) is 0 Å². The largest absolute Gasteiger partial charge is 0.368 e. The number of benzene rings is 2. The highest BCUT2D eigenvalue weighted by atomic mass is 35.5. The van der Waals surface area contributed by atoms with Crippen LogP contribution in [0.5, 0.6) is 0 Å². The molecule has 0 saturated carbocycles. The second-order valence-corrected chi connectivity index (χ2v) is 6.98. The van der Waals surface area contributed by atoms with E-state index in [0.29, 0.717) is 24.0 Å². The van der Waals surface area contributed by atoms with E-state index in [4.69, 9.17) is 16.1 Å². The standard InChI is InChI=1S/C20H19ClN4O2/c1-14-2-4-15(5-3-14)19-22-18(23-27-19)20(26)25-12-10-24(11-13-25)17-8-6-16(21)7-9-17/h2-9H,10-13H2,1H3. The summed E-state index contributed by atoms with van der Waals surface area (Å²) < 4.78 is 5.27. The van der Waals surface area contributed by atoms with Crippen molar-refractivity contribution >= 4 is 23.2 Å². The Hall–Kier alpha value is -2.86. The normalized spacial score (nSPS) is 14.4. The van der Waals surface area contributed by atoms with Crippen LogP contribution in [-0.4, -0.2) is 47.1 Å². The monoisotopic (exact) mass is 382 g/mol. The molecule has 2 aromatic carbocycles. The Morgan fingerprint density at radius 2 is 1.67 bits per heavy atom. The van der Waals surface area contributed by atoms with Crippen molar-refractivity contribution < 1.29 is 9.32 Å². The summed E-state index contributed by atoms with van der Waals surface area (Å²) in [5, 5.41) is 4.59. The Labute approximate surface area is 162 Å². The number of hydrogen-bond acceptors (Lipinski definition) is 5. The molecule has 0 spiro atoms. The molecule has 6 nitrogen and oxygen atoms in total. The van der Waals surface area contributed by atoms with Gasteiger partial charge < -0.3 is 14.3 Å². The van der Waals surface area contributed by atoms with E-state index in [0.717, 1.165) is 29.9 Å². The average Bonchev–Trinajstić information content (AvgIpc) is 3.19. The maximum atomic E-state index is 12.7. The second-order valence-electron chi connectivity index (χ2n) is 6.54. The molecule has 1 saturated heterocycles. The minimum atomic E-state index is -0.201. The van der Waals surface area contributed by atoms with Crippen LogP contribution < -0.4 is 4.90 Å². The van der Waals surface area contributed by atoms with Crippen LogP contribution in [0.1, 0.15) is 16.2 Å². The number of aromatic nitrogens is 2. The first-order valence-corrected chi connectivity index (χ1v) is 9.18. The van der Waals surface area contributed by atoms with E-state index in [1.165, 1.54) is 0 Å². The number of amides is 1. The number of anilines is 1. The van der Waals surface area contributed by atoms with Crippen LogP contribution in [0.2, 0.25) is 5.02 Å². The van der Waals surface area contributed by atoms with Crippen molar-refractivity contribution in [2.75, 3.05) is 31.1 Å². The molecule has 27 heavy (non-hydrogen) atoms. The molecule has 0 N–H and O–H groups in total. The summed E-state index contributed by atoms with van der Waals surface area (Å²) in [5.41, 5.74) is 3.06. The second kappa shape index (κ2) is 7.40. The fourth-order valence-corrected chi connectivity index (χ4v) is 3.21. The number of hydrogen-bond donors (Lipinski definition) is 0. The molecular weight excluding hydrogens is 364 g/mol. The fourth-order valence-electron chi connectivity index (χ4n) is 3.08. The van der Waals surface area contributed by atoms with Gasteiger partial charge >= 0.3 is 0 Å². The number of nitrogens with zero attached hydrogens (tertiary/aromatic N) is 4. The van der Waals surface area contributed by atoms with Crippen LogP contribution in [-0.2, 0) is 0 Å². The fraction of sp³-hybridized carbons (Fsp3) is 0.250. The smallest absolute Gasteiger partial charge is 0.295 e. The first-order chi connectivity index (χ1) is 13.1. The first-order valence-electron chi connectivity index (χ1n) is 8.81. The summed E-state index contributed by atoms with van der Waals surface area (Å²) in [6.45, 7) is 4.72. The molecule has 0 bridgehead atoms. The molecule has 0 unspecified atom stereocenters. The van der Waals surface area contributed by atoms with Crippen molar-refractivity contribution in [2.45, 2.75) is 6.92 Å². The first kappa shape index (κ1) is 17.5. The molecule has 4 rings (SSSR count). The van der Waals surface area contributed by atoms with Crippen LogP contribution in [0.25, 0.3) is 11.5 Å². The van der Waals surface area contributed by atoms with E-state index in [-0.39, 0.29) is 11.7 Å². The SMILES string of the molecule is Cc1ccc(-c2nc(C(=O)N3CCN(c4ccc(Cl)cc4)CC3)no2)cc1. The lowest BCUT2D eigenvalue weighted by atomic mass is 10.1. The summed E-state index contributed by atoms with van der Waals surface area (Å²) >= 11 is 5.94. The summed E-state index contributed by atoms with van der Waals surface area (Å²) in [5.74, 6) is 0.261. The van der Waals surface area contributed by atoms with Crippen molar-refractivity contribution in [3.63, 3.8) is 0 Å². The van der Waals surface area contributed by atoms with Gasteiger partial charge in [-0.2, -0.15) is 4.98 Å². The molecule has 0 radical (unpaired) electrons. The van der Waals surface area contributed by atoms with Crippen LogP contribution in [0.15, 0.2) is 53.1 Å². The number of carbonyl (C=O) groups excluding carboxylic acids is 1. The van der Waals surface area contributed by atoms with Gasteiger partial charge in [0.25, 0.3) is 17.6 Å². The quantitative estimate of drug-likeness (QED) is 0.691. The molecule has 1 aliphatic heterocycles.